The van der Waals surface area contributed by atoms with Crippen molar-refractivity contribution in [3.05, 3.63) is 103 Å². The fourth-order valence-electron chi connectivity index (χ4n) is 3.81. The molecule has 5 aromatic rings. The van der Waals surface area contributed by atoms with Crippen molar-refractivity contribution in [1.29, 1.82) is 0 Å². The van der Waals surface area contributed by atoms with Crippen molar-refractivity contribution in [1.82, 2.24) is 4.98 Å². The number of allylic oxidation sites excluding steroid dienone is 2. The number of carbonyl (C=O) groups is 1. The predicted octanol–water partition coefficient (Wildman–Crippen LogP) is 7.04. The summed E-state index contributed by atoms with van der Waals surface area (Å²) in [5, 5.41) is 16.0. The zero-order valence-electron chi connectivity index (χ0n) is 17.8. The van der Waals surface area contributed by atoms with Crippen molar-refractivity contribution in [2.45, 2.75) is 13.8 Å². The number of aliphatic hydroxyl groups excluding tert-OH is 1. The van der Waals surface area contributed by atoms with Crippen LogP contribution in [0.5, 0.6) is 0 Å². The number of carbonyl (C=O) groups excluding carboxylic acids is 1. The summed E-state index contributed by atoms with van der Waals surface area (Å²) in [6.07, 6.45) is 2.99. The molecule has 1 aromatic heterocycles. The van der Waals surface area contributed by atoms with Gasteiger partial charge in [0.15, 0.2) is 5.78 Å². The summed E-state index contributed by atoms with van der Waals surface area (Å²) in [5.74, 6) is -0.0625. The van der Waals surface area contributed by atoms with Crippen molar-refractivity contribution < 1.29 is 30.0 Å². The van der Waals surface area contributed by atoms with Gasteiger partial charge in [0.2, 0.25) is 0 Å². The second kappa shape index (κ2) is 10.3. The molecule has 1 radical (unpaired) electrons. The molecule has 1 N–H and O–H groups in total. The summed E-state index contributed by atoms with van der Waals surface area (Å²) in [5.41, 5.74) is 1.99. The van der Waals surface area contributed by atoms with Crippen LogP contribution in [0.4, 0.5) is 0 Å². The van der Waals surface area contributed by atoms with Gasteiger partial charge in [0.25, 0.3) is 0 Å². The summed E-state index contributed by atoms with van der Waals surface area (Å²) < 4.78 is 0. The molecule has 0 fully saturated rings. The third kappa shape index (κ3) is 4.94. The molecule has 0 saturated carbocycles. The van der Waals surface area contributed by atoms with E-state index in [1.54, 1.807) is 0 Å². The number of ketones is 1. The average molecular weight is 597 g/mol. The second-order valence-electron chi connectivity index (χ2n) is 7.38. The van der Waals surface area contributed by atoms with Gasteiger partial charge in [-0.3, -0.25) is 4.79 Å². The molecule has 0 atom stereocenters. The topological polar surface area (TPSA) is 50.2 Å². The zero-order chi connectivity index (χ0) is 21.8. The first-order valence-electron chi connectivity index (χ1n) is 10.1. The van der Waals surface area contributed by atoms with Gasteiger partial charge in [0.05, 0.1) is 5.76 Å². The fraction of sp³-hybridized carbons (Fsp3) is 0.0714. The normalized spacial score (nSPS) is 11.0. The molecule has 0 saturated heterocycles. The third-order valence-corrected chi connectivity index (χ3v) is 5.03. The molecule has 0 amide bonds. The number of benzene rings is 4. The zero-order valence-corrected chi connectivity index (χ0v) is 20.2. The van der Waals surface area contributed by atoms with E-state index in [9.17, 15) is 4.79 Å². The Bertz CT molecular complexity index is 1390. The van der Waals surface area contributed by atoms with Gasteiger partial charge in [0.1, 0.15) is 0 Å². The van der Waals surface area contributed by atoms with E-state index < -0.39 is 0 Å². The molecule has 0 unspecified atom stereocenters. The van der Waals surface area contributed by atoms with E-state index in [2.05, 4.69) is 71.7 Å². The van der Waals surface area contributed by atoms with Crippen LogP contribution in [0.25, 0.3) is 43.6 Å². The fourth-order valence-corrected chi connectivity index (χ4v) is 3.81. The Labute approximate surface area is 200 Å². The van der Waals surface area contributed by atoms with Crippen molar-refractivity contribution in [2.75, 3.05) is 0 Å². The van der Waals surface area contributed by atoms with E-state index >= 15 is 0 Å². The number of pyridine rings is 1. The Balaban J connectivity index is 0.000000318. The van der Waals surface area contributed by atoms with Crippen LogP contribution < -0.4 is 0 Å². The van der Waals surface area contributed by atoms with E-state index in [0.29, 0.717) is 0 Å². The standard InChI is InChI=1S/C23H14N.C5H8O2.Ir/c1-2-9-19-17(7-1)18-8-3-4-10-20(18)22-15-16(12-13-21(19)22)23-11-5-6-14-24-23;1-4(6)3-5(2)7;/h1-11,13-15H;3,6H,1-2H3;/q-1;;/b;4-3-;. The SMILES string of the molecule is CC(=O)/C=C(/C)O.[Ir].[c-]1cc2c3ccccc3c3ccccc3c2cc1-c1ccccn1. The Kier molecular flexibility index (Phi) is 7.53. The summed E-state index contributed by atoms with van der Waals surface area (Å²) >= 11 is 0. The maximum Gasteiger partial charge on any atom is 0.155 e. The molecule has 4 aromatic carbocycles. The maximum atomic E-state index is 10.0. The first-order chi connectivity index (χ1) is 15.0. The van der Waals surface area contributed by atoms with Gasteiger partial charge < -0.3 is 10.1 Å². The maximum absolute atomic E-state index is 10.0. The summed E-state index contributed by atoms with van der Waals surface area (Å²) in [6.45, 7) is 2.85. The molecule has 1 heterocycles. The molecule has 0 spiro atoms. The summed E-state index contributed by atoms with van der Waals surface area (Å²) in [6, 6.07) is 30.9. The van der Waals surface area contributed by atoms with Gasteiger partial charge >= 0.3 is 0 Å². The van der Waals surface area contributed by atoms with Gasteiger partial charge in [-0.2, -0.15) is 0 Å². The number of rotatable bonds is 2. The molecular weight excluding hydrogens is 575 g/mol. The minimum atomic E-state index is -0.125. The van der Waals surface area contributed by atoms with E-state index in [-0.39, 0.29) is 31.6 Å². The van der Waals surface area contributed by atoms with Gasteiger partial charge in [-0.25, -0.2) is 0 Å². The molecular formula is C28H22IrNO2-. The Morgan fingerprint density at radius 3 is 1.81 bits per heavy atom. The Morgan fingerprint density at radius 2 is 1.34 bits per heavy atom. The smallest absolute Gasteiger partial charge is 0.155 e. The first kappa shape index (κ1) is 23.3. The minimum absolute atomic E-state index is 0. The summed E-state index contributed by atoms with van der Waals surface area (Å²) in [4.78, 5) is 14.5. The van der Waals surface area contributed by atoms with Crippen molar-refractivity contribution in [3.63, 3.8) is 0 Å². The molecule has 4 heteroatoms. The van der Waals surface area contributed by atoms with E-state index in [1.165, 1.54) is 52.2 Å². The van der Waals surface area contributed by atoms with Crippen LogP contribution >= 0.6 is 0 Å². The van der Waals surface area contributed by atoms with Crippen LogP contribution in [0, 0.1) is 6.07 Å². The van der Waals surface area contributed by atoms with Crippen LogP contribution in [0.2, 0.25) is 0 Å². The van der Waals surface area contributed by atoms with Gasteiger partial charge in [0, 0.05) is 32.4 Å². The van der Waals surface area contributed by atoms with E-state index in [0.717, 1.165) is 11.3 Å². The van der Waals surface area contributed by atoms with Gasteiger partial charge in [-0.15, -0.1) is 23.8 Å². The molecule has 0 aliphatic heterocycles. The summed E-state index contributed by atoms with van der Waals surface area (Å²) in [7, 11) is 0. The van der Waals surface area contributed by atoms with Gasteiger partial charge in [-0.05, 0) is 41.8 Å². The molecule has 0 aliphatic carbocycles. The number of aromatic nitrogens is 1. The largest absolute Gasteiger partial charge is 0.512 e. The minimum Gasteiger partial charge on any atom is -0.512 e. The molecule has 0 bridgehead atoms. The van der Waals surface area contributed by atoms with Crippen molar-refractivity contribution in [3.8, 4) is 11.3 Å². The number of hydrogen-bond acceptors (Lipinski definition) is 3. The number of hydrogen-bond donors (Lipinski definition) is 1. The molecule has 3 nitrogen and oxygen atoms in total. The monoisotopic (exact) mass is 597 g/mol. The third-order valence-electron chi connectivity index (χ3n) is 5.03. The second-order valence-corrected chi connectivity index (χ2v) is 7.38. The Morgan fingerprint density at radius 1 is 0.812 bits per heavy atom. The number of fused-ring (bicyclic) bond motifs is 6. The van der Waals surface area contributed by atoms with Crippen LogP contribution in [-0.4, -0.2) is 15.9 Å². The Hall–Kier alpha value is -3.33. The number of aliphatic hydroxyl groups is 1. The number of nitrogens with zero attached hydrogens (tertiary/aromatic N) is 1. The van der Waals surface area contributed by atoms with Crippen molar-refractivity contribution >= 4 is 38.1 Å². The molecule has 5 rings (SSSR count). The van der Waals surface area contributed by atoms with Crippen LogP contribution in [-0.2, 0) is 24.9 Å². The predicted molar refractivity (Wildman–Crippen MR) is 128 cm³/mol. The molecule has 0 aliphatic rings. The average Bonchev–Trinajstić information content (AvgIpc) is 2.79. The van der Waals surface area contributed by atoms with Crippen LogP contribution in [0.3, 0.4) is 0 Å². The van der Waals surface area contributed by atoms with Crippen molar-refractivity contribution in [2.24, 2.45) is 0 Å². The van der Waals surface area contributed by atoms with E-state index in [4.69, 9.17) is 5.11 Å². The van der Waals surface area contributed by atoms with Gasteiger partial charge in [-0.1, -0.05) is 76.8 Å². The molecule has 161 valence electrons. The van der Waals surface area contributed by atoms with E-state index in [1.807, 2.05) is 24.4 Å². The molecule has 32 heavy (non-hydrogen) atoms. The first-order valence-corrected chi connectivity index (χ1v) is 10.1. The quantitative estimate of drug-likeness (QED) is 0.103. The van der Waals surface area contributed by atoms with Crippen LogP contribution in [0.1, 0.15) is 13.8 Å². The van der Waals surface area contributed by atoms with Crippen LogP contribution in [0.15, 0.2) is 96.9 Å².